The summed E-state index contributed by atoms with van der Waals surface area (Å²) < 4.78 is 0. The lowest BCUT2D eigenvalue weighted by Gasteiger charge is -2.15. The van der Waals surface area contributed by atoms with Gasteiger partial charge in [0.1, 0.15) is 0 Å². The minimum atomic E-state index is -0.518. The molecule has 0 nitrogen and oxygen atoms in total. The maximum atomic E-state index is 6.40. The molecule has 1 atom stereocenters. The number of benzene rings is 2. The Hall–Kier alpha value is -0.110. The van der Waals surface area contributed by atoms with Gasteiger partial charge in [-0.2, -0.15) is 0 Å². The SMILES string of the molecule is Clc1ccc(C(Cl)c2c(Cl)cccc2Cl)c(Cl)c1. The molecule has 0 heterocycles. The molecule has 0 aliphatic carbocycles. The van der Waals surface area contributed by atoms with Crippen molar-refractivity contribution in [3.05, 3.63) is 67.6 Å². The zero-order chi connectivity index (χ0) is 13.3. The highest BCUT2D eigenvalue weighted by Crippen LogP contribution is 2.41. The van der Waals surface area contributed by atoms with Crippen LogP contribution in [0.2, 0.25) is 20.1 Å². The van der Waals surface area contributed by atoms with E-state index in [0.29, 0.717) is 25.7 Å². The second kappa shape index (κ2) is 5.90. The molecule has 1 unspecified atom stereocenters. The van der Waals surface area contributed by atoms with Gasteiger partial charge in [0.15, 0.2) is 0 Å². The van der Waals surface area contributed by atoms with Crippen LogP contribution >= 0.6 is 58.0 Å². The monoisotopic (exact) mass is 338 g/mol. The molecule has 0 amide bonds. The molecule has 0 aliphatic rings. The molecule has 0 saturated heterocycles. The summed E-state index contributed by atoms with van der Waals surface area (Å²) in [6.45, 7) is 0. The molecule has 2 aromatic rings. The highest BCUT2D eigenvalue weighted by molar-refractivity contribution is 6.39. The Morgan fingerprint density at radius 3 is 1.94 bits per heavy atom. The van der Waals surface area contributed by atoms with Crippen LogP contribution in [0.25, 0.3) is 0 Å². The van der Waals surface area contributed by atoms with Crippen LogP contribution in [0, 0.1) is 0 Å². The van der Waals surface area contributed by atoms with Crippen molar-refractivity contribution in [2.24, 2.45) is 0 Å². The first-order valence-electron chi connectivity index (χ1n) is 5.03. The molecule has 0 aromatic heterocycles. The van der Waals surface area contributed by atoms with Gasteiger partial charge in [0.2, 0.25) is 0 Å². The molecule has 0 spiro atoms. The Labute approximate surface area is 130 Å². The first-order valence-corrected chi connectivity index (χ1v) is 6.98. The summed E-state index contributed by atoms with van der Waals surface area (Å²) in [7, 11) is 0. The van der Waals surface area contributed by atoms with Gasteiger partial charge in [-0.3, -0.25) is 0 Å². The Kier molecular flexibility index (Phi) is 4.69. The predicted molar refractivity (Wildman–Crippen MR) is 80.6 cm³/mol. The largest absolute Gasteiger partial charge is 0.112 e. The molecule has 0 N–H and O–H groups in total. The van der Waals surface area contributed by atoms with Crippen LogP contribution in [0.15, 0.2) is 36.4 Å². The summed E-state index contributed by atoms with van der Waals surface area (Å²) in [5.41, 5.74) is 1.37. The van der Waals surface area contributed by atoms with Crippen LogP contribution in [0.5, 0.6) is 0 Å². The topological polar surface area (TPSA) is 0 Å². The Bertz CT molecular complexity index is 559. The minimum Gasteiger partial charge on any atom is -0.112 e. The molecule has 94 valence electrons. The summed E-state index contributed by atoms with van der Waals surface area (Å²) in [5.74, 6) is 0. The van der Waals surface area contributed by atoms with Crippen molar-refractivity contribution in [1.29, 1.82) is 0 Å². The average molecular weight is 340 g/mol. The van der Waals surface area contributed by atoms with Gasteiger partial charge in [-0.25, -0.2) is 0 Å². The van der Waals surface area contributed by atoms with Crippen molar-refractivity contribution in [2.75, 3.05) is 0 Å². The summed E-state index contributed by atoms with van der Waals surface area (Å²) in [6.07, 6.45) is 0. The van der Waals surface area contributed by atoms with Crippen molar-refractivity contribution in [2.45, 2.75) is 5.38 Å². The quantitative estimate of drug-likeness (QED) is 0.538. The molecule has 18 heavy (non-hydrogen) atoms. The number of alkyl halides is 1. The molecule has 0 bridgehead atoms. The average Bonchev–Trinajstić information content (AvgIpc) is 2.28. The van der Waals surface area contributed by atoms with Crippen LogP contribution in [0.4, 0.5) is 0 Å². The molecule has 2 rings (SSSR count). The molecule has 0 fully saturated rings. The molecule has 5 heteroatoms. The maximum Gasteiger partial charge on any atom is 0.0878 e. The van der Waals surface area contributed by atoms with Crippen LogP contribution in [-0.2, 0) is 0 Å². The van der Waals surface area contributed by atoms with E-state index in [1.54, 1.807) is 36.4 Å². The lowest BCUT2D eigenvalue weighted by Crippen LogP contribution is -1.96. The second-order valence-corrected chi connectivity index (χ2v) is 5.76. The first-order chi connectivity index (χ1) is 8.50. The summed E-state index contributed by atoms with van der Waals surface area (Å²) in [5, 5.41) is 1.54. The summed E-state index contributed by atoms with van der Waals surface area (Å²) in [4.78, 5) is 0. The van der Waals surface area contributed by atoms with Crippen LogP contribution in [0.1, 0.15) is 16.5 Å². The summed E-state index contributed by atoms with van der Waals surface area (Å²) in [6, 6.07) is 10.4. The fourth-order valence-electron chi connectivity index (χ4n) is 1.62. The van der Waals surface area contributed by atoms with Gasteiger partial charge in [0.25, 0.3) is 0 Å². The van der Waals surface area contributed by atoms with E-state index in [1.165, 1.54) is 0 Å². The molecular formula is C13H7Cl5. The Balaban J connectivity index is 2.51. The van der Waals surface area contributed by atoms with E-state index in [0.717, 1.165) is 5.56 Å². The van der Waals surface area contributed by atoms with Crippen molar-refractivity contribution in [1.82, 2.24) is 0 Å². The third kappa shape index (κ3) is 2.89. The number of halogens is 5. The number of hydrogen-bond acceptors (Lipinski definition) is 0. The predicted octanol–water partition coefficient (Wildman–Crippen LogP) is 6.63. The van der Waals surface area contributed by atoms with E-state index in [4.69, 9.17) is 58.0 Å². The van der Waals surface area contributed by atoms with Crippen molar-refractivity contribution >= 4 is 58.0 Å². The molecular weight excluding hydrogens is 333 g/mol. The van der Waals surface area contributed by atoms with E-state index < -0.39 is 5.38 Å². The molecule has 0 aliphatic heterocycles. The van der Waals surface area contributed by atoms with Crippen LogP contribution < -0.4 is 0 Å². The van der Waals surface area contributed by atoms with Crippen molar-refractivity contribution in [3.8, 4) is 0 Å². The van der Waals surface area contributed by atoms with Gasteiger partial charge < -0.3 is 0 Å². The fourth-order valence-corrected chi connectivity index (χ4v) is 3.34. The molecule has 2 aromatic carbocycles. The Morgan fingerprint density at radius 2 is 1.39 bits per heavy atom. The maximum absolute atomic E-state index is 6.40. The van der Waals surface area contributed by atoms with Gasteiger partial charge in [0.05, 0.1) is 5.38 Å². The second-order valence-electron chi connectivity index (χ2n) is 3.66. The van der Waals surface area contributed by atoms with Crippen molar-refractivity contribution < 1.29 is 0 Å². The number of hydrogen-bond donors (Lipinski definition) is 0. The zero-order valence-electron chi connectivity index (χ0n) is 8.93. The highest BCUT2D eigenvalue weighted by atomic mass is 35.5. The third-order valence-corrected chi connectivity index (χ3v) is 4.16. The third-order valence-electron chi connectivity index (χ3n) is 2.49. The van der Waals surface area contributed by atoms with E-state index in [2.05, 4.69) is 0 Å². The smallest absolute Gasteiger partial charge is 0.0878 e. The van der Waals surface area contributed by atoms with E-state index >= 15 is 0 Å². The highest BCUT2D eigenvalue weighted by Gasteiger charge is 2.19. The van der Waals surface area contributed by atoms with E-state index in [9.17, 15) is 0 Å². The van der Waals surface area contributed by atoms with Crippen molar-refractivity contribution in [3.63, 3.8) is 0 Å². The van der Waals surface area contributed by atoms with E-state index in [-0.39, 0.29) is 0 Å². The first kappa shape index (κ1) is 14.3. The van der Waals surface area contributed by atoms with Crippen LogP contribution in [-0.4, -0.2) is 0 Å². The molecule has 0 saturated carbocycles. The van der Waals surface area contributed by atoms with Gasteiger partial charge in [-0.15, -0.1) is 11.6 Å². The zero-order valence-corrected chi connectivity index (χ0v) is 12.7. The van der Waals surface area contributed by atoms with Gasteiger partial charge in [0, 0.05) is 25.7 Å². The molecule has 0 radical (unpaired) electrons. The lowest BCUT2D eigenvalue weighted by atomic mass is 10.0. The fraction of sp³-hybridized carbons (Fsp3) is 0.0769. The summed E-state index contributed by atoms with van der Waals surface area (Å²) >= 11 is 30.6. The van der Waals surface area contributed by atoms with Gasteiger partial charge >= 0.3 is 0 Å². The normalized spacial score (nSPS) is 12.5. The van der Waals surface area contributed by atoms with Gasteiger partial charge in [-0.1, -0.05) is 58.5 Å². The van der Waals surface area contributed by atoms with Crippen LogP contribution in [0.3, 0.4) is 0 Å². The lowest BCUT2D eigenvalue weighted by molar-refractivity contribution is 1.14. The van der Waals surface area contributed by atoms with E-state index in [1.807, 2.05) is 0 Å². The van der Waals surface area contributed by atoms with Gasteiger partial charge in [-0.05, 0) is 29.8 Å². The minimum absolute atomic E-state index is 0.485. The number of rotatable bonds is 2. The Morgan fingerprint density at radius 1 is 0.778 bits per heavy atom. The standard InChI is InChI=1S/C13H7Cl5/c14-7-4-5-8(11(17)6-7)13(18)12-9(15)2-1-3-10(12)16/h1-6,13H.